The van der Waals surface area contributed by atoms with Gasteiger partial charge in [0, 0.05) is 66.8 Å². The minimum absolute atomic E-state index is 0.0365. The van der Waals surface area contributed by atoms with E-state index in [0.717, 1.165) is 38.1 Å². The molecule has 0 unspecified atom stereocenters. The van der Waals surface area contributed by atoms with Crippen molar-refractivity contribution in [2.24, 2.45) is 0 Å². The molecule has 0 radical (unpaired) electrons. The number of non-ortho nitro benzene ring substituents is 2. The van der Waals surface area contributed by atoms with E-state index in [1.54, 1.807) is 0 Å². The maximum absolute atomic E-state index is 11.2. The highest BCUT2D eigenvalue weighted by Gasteiger charge is 2.22. The molecule has 31 heavy (non-hydrogen) atoms. The van der Waals surface area contributed by atoms with Crippen LogP contribution in [0.15, 0.2) is 24.3 Å². The first-order valence-electron chi connectivity index (χ1n) is 8.74. The Balaban J connectivity index is 2.55. The number of nitro benzene ring substituents is 2. The first-order chi connectivity index (χ1) is 14.5. The van der Waals surface area contributed by atoms with Crippen LogP contribution in [0.2, 0.25) is 0 Å². The van der Waals surface area contributed by atoms with E-state index in [9.17, 15) is 40.0 Å². The van der Waals surface area contributed by atoms with Gasteiger partial charge in [-0.15, -0.1) is 0 Å². The van der Waals surface area contributed by atoms with Crippen LogP contribution in [0.3, 0.4) is 0 Å². The van der Waals surface area contributed by atoms with Gasteiger partial charge in [-0.05, 0) is 0 Å². The van der Waals surface area contributed by atoms with Gasteiger partial charge in [-0.25, -0.2) is 0 Å². The molecule has 0 aliphatic rings. The maximum Gasteiger partial charge on any atom is 0.302 e. The molecule has 0 saturated carbocycles. The summed E-state index contributed by atoms with van der Waals surface area (Å²) in [7, 11) is 0. The summed E-state index contributed by atoms with van der Waals surface area (Å²) in [6.07, 6.45) is -0.332. The number of esters is 2. The number of carbonyl (C=O) groups excluding carboxylic acids is 2. The Labute approximate surface area is 174 Å². The number of phenols is 2. The van der Waals surface area contributed by atoms with Gasteiger partial charge in [-0.3, -0.25) is 29.8 Å². The standard InChI is InChI=1S/C19H18N2O10/c1-10(22)30-8-14-6-16(20(26)27)4-12(18(14)24)3-13-5-17(21(28)29)7-15(19(13)25)9-31-11(2)23/h4-7,24-25H,3,8-9H2,1-2H3. The van der Waals surface area contributed by atoms with Crippen molar-refractivity contribution in [1.29, 1.82) is 0 Å². The molecule has 0 aliphatic carbocycles. The third kappa shape index (κ3) is 5.88. The number of phenolic OH excluding ortho intramolecular Hbond substituents is 2. The number of hydrogen-bond acceptors (Lipinski definition) is 10. The van der Waals surface area contributed by atoms with Crippen LogP contribution in [0.25, 0.3) is 0 Å². The van der Waals surface area contributed by atoms with Crippen LogP contribution >= 0.6 is 0 Å². The minimum atomic E-state index is -0.723. The highest BCUT2D eigenvalue weighted by Crippen LogP contribution is 2.35. The predicted molar refractivity (Wildman–Crippen MR) is 103 cm³/mol. The molecule has 0 spiro atoms. The summed E-state index contributed by atoms with van der Waals surface area (Å²) in [5.74, 6) is -2.20. The van der Waals surface area contributed by atoms with Crippen molar-refractivity contribution < 1.29 is 39.1 Å². The Morgan fingerprint density at radius 3 is 1.39 bits per heavy atom. The van der Waals surface area contributed by atoms with Crippen molar-refractivity contribution in [3.05, 3.63) is 66.7 Å². The van der Waals surface area contributed by atoms with E-state index in [0.29, 0.717) is 0 Å². The van der Waals surface area contributed by atoms with Gasteiger partial charge in [0.1, 0.15) is 24.7 Å². The van der Waals surface area contributed by atoms with Gasteiger partial charge in [0.15, 0.2) is 0 Å². The van der Waals surface area contributed by atoms with Crippen LogP contribution in [0.4, 0.5) is 11.4 Å². The first kappa shape index (κ1) is 23.1. The number of aromatic hydroxyl groups is 2. The van der Waals surface area contributed by atoms with Crippen molar-refractivity contribution in [2.45, 2.75) is 33.5 Å². The molecule has 0 aromatic heterocycles. The van der Waals surface area contributed by atoms with Crippen LogP contribution in [0.1, 0.15) is 36.1 Å². The van der Waals surface area contributed by atoms with Crippen molar-refractivity contribution >= 4 is 23.3 Å². The number of nitrogens with zero attached hydrogens (tertiary/aromatic N) is 2. The van der Waals surface area contributed by atoms with E-state index < -0.39 is 57.9 Å². The topological polar surface area (TPSA) is 179 Å². The predicted octanol–water partition coefficient (Wildman–Crippen LogP) is 2.63. The van der Waals surface area contributed by atoms with Gasteiger partial charge in [-0.2, -0.15) is 0 Å². The lowest BCUT2D eigenvalue weighted by Crippen LogP contribution is -2.04. The van der Waals surface area contributed by atoms with Gasteiger partial charge in [0.05, 0.1) is 9.85 Å². The van der Waals surface area contributed by atoms with Crippen molar-refractivity contribution in [3.8, 4) is 11.5 Å². The number of benzene rings is 2. The monoisotopic (exact) mass is 434 g/mol. The molecule has 12 heteroatoms. The van der Waals surface area contributed by atoms with Crippen molar-refractivity contribution in [1.82, 2.24) is 0 Å². The quantitative estimate of drug-likeness (QED) is 0.356. The molecule has 0 heterocycles. The number of hydrogen-bond donors (Lipinski definition) is 2. The van der Waals surface area contributed by atoms with Gasteiger partial charge < -0.3 is 19.7 Å². The zero-order valence-corrected chi connectivity index (χ0v) is 16.5. The molecular weight excluding hydrogens is 416 g/mol. The average Bonchev–Trinajstić information content (AvgIpc) is 2.68. The zero-order chi connectivity index (χ0) is 23.3. The summed E-state index contributed by atoms with van der Waals surface area (Å²) in [6, 6.07) is 4.13. The third-order valence-electron chi connectivity index (χ3n) is 4.17. The number of rotatable bonds is 8. The van der Waals surface area contributed by atoms with Crippen molar-refractivity contribution in [3.63, 3.8) is 0 Å². The Bertz CT molecular complexity index is 981. The van der Waals surface area contributed by atoms with Crippen molar-refractivity contribution in [2.75, 3.05) is 0 Å². The lowest BCUT2D eigenvalue weighted by molar-refractivity contribution is -0.385. The van der Waals surface area contributed by atoms with Crippen LogP contribution in [-0.4, -0.2) is 32.0 Å². The van der Waals surface area contributed by atoms with E-state index in [4.69, 9.17) is 9.47 Å². The molecular formula is C19H18N2O10. The van der Waals surface area contributed by atoms with Gasteiger partial charge >= 0.3 is 11.9 Å². The van der Waals surface area contributed by atoms with Crippen LogP contribution in [-0.2, 0) is 38.7 Å². The molecule has 2 aromatic carbocycles. The van der Waals surface area contributed by atoms with E-state index in [-0.39, 0.29) is 28.7 Å². The maximum atomic E-state index is 11.2. The zero-order valence-electron chi connectivity index (χ0n) is 16.5. The smallest absolute Gasteiger partial charge is 0.302 e. The largest absolute Gasteiger partial charge is 0.507 e. The van der Waals surface area contributed by atoms with Crippen LogP contribution < -0.4 is 0 Å². The second kappa shape index (κ2) is 9.52. The fourth-order valence-corrected chi connectivity index (χ4v) is 2.75. The molecule has 2 rings (SSSR count). The van der Waals surface area contributed by atoms with Gasteiger partial charge in [0.2, 0.25) is 0 Å². The average molecular weight is 434 g/mol. The first-order valence-corrected chi connectivity index (χ1v) is 8.74. The van der Waals surface area contributed by atoms with E-state index >= 15 is 0 Å². The lowest BCUT2D eigenvalue weighted by Gasteiger charge is -2.13. The summed E-state index contributed by atoms with van der Waals surface area (Å²) in [5, 5.41) is 43.5. The summed E-state index contributed by atoms with van der Waals surface area (Å²) in [5.41, 5.74) is -1.01. The van der Waals surface area contributed by atoms with Gasteiger partial charge in [0.25, 0.3) is 11.4 Å². The SMILES string of the molecule is CC(=O)OCc1cc([N+](=O)[O-])cc(Cc2cc([N+](=O)[O-])cc(COC(C)=O)c2O)c1O. The minimum Gasteiger partial charge on any atom is -0.507 e. The van der Waals surface area contributed by atoms with Crippen LogP contribution in [0, 0.1) is 20.2 Å². The molecule has 0 fully saturated rings. The Kier molecular flexibility index (Phi) is 7.08. The second-order valence-electron chi connectivity index (χ2n) is 6.48. The van der Waals surface area contributed by atoms with E-state index in [1.807, 2.05) is 0 Å². The molecule has 12 nitrogen and oxygen atoms in total. The summed E-state index contributed by atoms with van der Waals surface area (Å²) in [6.45, 7) is 1.38. The molecule has 0 aliphatic heterocycles. The summed E-state index contributed by atoms with van der Waals surface area (Å²) < 4.78 is 9.58. The second-order valence-corrected chi connectivity index (χ2v) is 6.48. The number of nitro groups is 2. The molecule has 0 atom stereocenters. The Hall–Kier alpha value is -4.22. The molecule has 2 aromatic rings. The third-order valence-corrected chi connectivity index (χ3v) is 4.17. The molecule has 0 saturated heterocycles. The fourth-order valence-electron chi connectivity index (χ4n) is 2.75. The number of ether oxygens (including phenoxy) is 2. The molecule has 2 N–H and O–H groups in total. The molecule has 0 bridgehead atoms. The van der Waals surface area contributed by atoms with Crippen LogP contribution in [0.5, 0.6) is 11.5 Å². The summed E-state index contributed by atoms with van der Waals surface area (Å²) >= 11 is 0. The van der Waals surface area contributed by atoms with E-state index in [1.165, 1.54) is 0 Å². The highest BCUT2D eigenvalue weighted by molar-refractivity contribution is 5.66. The van der Waals surface area contributed by atoms with Gasteiger partial charge in [-0.1, -0.05) is 0 Å². The molecule has 164 valence electrons. The normalized spacial score (nSPS) is 10.4. The Morgan fingerprint density at radius 2 is 1.10 bits per heavy atom. The fraction of sp³-hybridized carbons (Fsp3) is 0.263. The highest BCUT2D eigenvalue weighted by atomic mass is 16.6. The Morgan fingerprint density at radius 1 is 0.774 bits per heavy atom. The summed E-state index contributed by atoms with van der Waals surface area (Å²) in [4.78, 5) is 43.1. The van der Waals surface area contributed by atoms with E-state index in [2.05, 4.69) is 0 Å². The number of carbonyl (C=O) groups is 2. The lowest BCUT2D eigenvalue weighted by atomic mass is 9.97. The molecule has 0 amide bonds.